The van der Waals surface area contributed by atoms with Gasteiger partial charge in [-0.25, -0.2) is 0 Å². The molecule has 1 rings (SSSR count). The Kier molecular flexibility index (Phi) is 8.63. The number of amides is 1. The SMILES string of the molecule is Cc1ccc(NC(=O)CCOCCOCCN=[N+]=[N-])cc1. The minimum absolute atomic E-state index is 0.0804. The number of carbonyl (C=O) groups excluding carboxylic acids is 1. The molecule has 1 aromatic carbocycles. The summed E-state index contributed by atoms with van der Waals surface area (Å²) in [6, 6.07) is 7.62. The predicted molar refractivity (Wildman–Crippen MR) is 80.1 cm³/mol. The number of ether oxygens (including phenoxy) is 2. The van der Waals surface area contributed by atoms with Gasteiger partial charge in [0.2, 0.25) is 5.91 Å². The van der Waals surface area contributed by atoms with Crippen LogP contribution in [0.2, 0.25) is 0 Å². The van der Waals surface area contributed by atoms with Gasteiger partial charge in [0.25, 0.3) is 0 Å². The number of nitrogens with zero attached hydrogens (tertiary/aromatic N) is 3. The molecule has 114 valence electrons. The quantitative estimate of drug-likeness (QED) is 0.311. The van der Waals surface area contributed by atoms with Crippen molar-refractivity contribution in [2.75, 3.05) is 38.3 Å². The maximum absolute atomic E-state index is 11.6. The van der Waals surface area contributed by atoms with Crippen LogP contribution in [0.25, 0.3) is 10.4 Å². The molecule has 0 spiro atoms. The normalized spacial score (nSPS) is 9.95. The Balaban J connectivity index is 2.01. The van der Waals surface area contributed by atoms with E-state index in [1.807, 2.05) is 31.2 Å². The number of nitrogens with one attached hydrogen (secondary N) is 1. The van der Waals surface area contributed by atoms with E-state index in [0.717, 1.165) is 11.3 Å². The van der Waals surface area contributed by atoms with Crippen molar-refractivity contribution >= 4 is 11.6 Å². The van der Waals surface area contributed by atoms with Crippen LogP contribution in [0.15, 0.2) is 29.4 Å². The van der Waals surface area contributed by atoms with Crippen LogP contribution >= 0.6 is 0 Å². The summed E-state index contributed by atoms with van der Waals surface area (Å²) in [5.41, 5.74) is 9.98. The van der Waals surface area contributed by atoms with Crippen molar-refractivity contribution in [3.63, 3.8) is 0 Å². The van der Waals surface area contributed by atoms with Crippen molar-refractivity contribution < 1.29 is 14.3 Å². The lowest BCUT2D eigenvalue weighted by Crippen LogP contribution is -2.15. The standard InChI is InChI=1S/C14H20N4O3/c1-12-2-4-13(5-3-12)17-14(19)6-8-20-10-11-21-9-7-16-18-15/h2-5H,6-11H2,1H3,(H,17,19). The van der Waals surface area contributed by atoms with Crippen molar-refractivity contribution in [1.29, 1.82) is 0 Å². The number of hydrogen-bond acceptors (Lipinski definition) is 4. The Bertz CT molecular complexity index is 470. The lowest BCUT2D eigenvalue weighted by Gasteiger charge is -2.07. The van der Waals surface area contributed by atoms with Gasteiger partial charge < -0.3 is 14.8 Å². The van der Waals surface area contributed by atoms with Gasteiger partial charge in [0.1, 0.15) is 0 Å². The van der Waals surface area contributed by atoms with E-state index in [-0.39, 0.29) is 5.91 Å². The molecule has 1 amide bonds. The molecular formula is C14H20N4O3. The monoisotopic (exact) mass is 292 g/mol. The molecule has 0 saturated heterocycles. The molecule has 0 aromatic heterocycles. The first kappa shape index (κ1) is 17.0. The number of anilines is 1. The first-order valence-corrected chi connectivity index (χ1v) is 6.75. The first-order valence-electron chi connectivity index (χ1n) is 6.75. The van der Waals surface area contributed by atoms with Crippen LogP contribution in [0.1, 0.15) is 12.0 Å². The maximum Gasteiger partial charge on any atom is 0.226 e. The zero-order valence-electron chi connectivity index (χ0n) is 12.1. The smallest absolute Gasteiger partial charge is 0.226 e. The summed E-state index contributed by atoms with van der Waals surface area (Å²) in [5, 5.41) is 6.13. The summed E-state index contributed by atoms with van der Waals surface area (Å²) in [7, 11) is 0. The minimum atomic E-state index is -0.0804. The second kappa shape index (κ2) is 10.7. The number of benzene rings is 1. The van der Waals surface area contributed by atoms with Gasteiger partial charge in [0, 0.05) is 17.1 Å². The van der Waals surface area contributed by atoms with E-state index in [1.165, 1.54) is 0 Å². The highest BCUT2D eigenvalue weighted by atomic mass is 16.5. The summed E-state index contributed by atoms with van der Waals surface area (Å²) >= 11 is 0. The van der Waals surface area contributed by atoms with E-state index >= 15 is 0 Å². The summed E-state index contributed by atoms with van der Waals surface area (Å²) in [6.45, 7) is 3.86. The third kappa shape index (κ3) is 8.65. The molecule has 7 nitrogen and oxygen atoms in total. The summed E-state index contributed by atoms with van der Waals surface area (Å²) in [4.78, 5) is 14.2. The van der Waals surface area contributed by atoms with Crippen molar-refractivity contribution in [1.82, 2.24) is 0 Å². The minimum Gasteiger partial charge on any atom is -0.379 e. The molecule has 1 aromatic rings. The zero-order chi connectivity index (χ0) is 15.3. The van der Waals surface area contributed by atoms with Gasteiger partial charge in [-0.3, -0.25) is 4.79 Å². The Morgan fingerprint density at radius 3 is 2.52 bits per heavy atom. The molecule has 21 heavy (non-hydrogen) atoms. The number of azide groups is 1. The number of rotatable bonds is 10. The molecule has 0 atom stereocenters. The van der Waals surface area contributed by atoms with Crippen LogP contribution in [0, 0.1) is 6.92 Å². The molecule has 1 N–H and O–H groups in total. The molecule has 0 unspecified atom stereocenters. The summed E-state index contributed by atoms with van der Waals surface area (Å²) < 4.78 is 10.4. The Hall–Kier alpha value is -2.08. The van der Waals surface area contributed by atoms with Crippen LogP contribution in [-0.2, 0) is 14.3 Å². The van der Waals surface area contributed by atoms with E-state index in [1.54, 1.807) is 0 Å². The van der Waals surface area contributed by atoms with Crippen LogP contribution in [0.5, 0.6) is 0 Å². The highest BCUT2D eigenvalue weighted by molar-refractivity contribution is 5.90. The predicted octanol–water partition coefficient (Wildman–Crippen LogP) is 2.67. The van der Waals surface area contributed by atoms with Gasteiger partial charge >= 0.3 is 0 Å². The number of carbonyl (C=O) groups is 1. The van der Waals surface area contributed by atoms with Crippen LogP contribution < -0.4 is 5.32 Å². The third-order valence-corrected chi connectivity index (χ3v) is 2.58. The molecule has 0 aliphatic rings. The van der Waals surface area contributed by atoms with Crippen molar-refractivity contribution in [3.05, 3.63) is 40.3 Å². The maximum atomic E-state index is 11.6. The van der Waals surface area contributed by atoms with Gasteiger partial charge in [-0.1, -0.05) is 22.8 Å². The van der Waals surface area contributed by atoms with E-state index in [2.05, 4.69) is 15.3 Å². The molecule has 0 bridgehead atoms. The summed E-state index contributed by atoms with van der Waals surface area (Å²) in [6.07, 6.45) is 0.298. The lowest BCUT2D eigenvalue weighted by molar-refractivity contribution is -0.117. The Morgan fingerprint density at radius 2 is 1.86 bits per heavy atom. The van der Waals surface area contributed by atoms with Crippen molar-refractivity contribution in [2.45, 2.75) is 13.3 Å². The van der Waals surface area contributed by atoms with E-state index in [0.29, 0.717) is 39.4 Å². The Labute approximate surface area is 123 Å². The van der Waals surface area contributed by atoms with Gasteiger partial charge in [-0.05, 0) is 24.6 Å². The first-order chi connectivity index (χ1) is 10.2. The zero-order valence-corrected chi connectivity index (χ0v) is 12.1. The van der Waals surface area contributed by atoms with Crippen molar-refractivity contribution in [3.8, 4) is 0 Å². The highest BCUT2D eigenvalue weighted by Crippen LogP contribution is 2.08. The van der Waals surface area contributed by atoms with Gasteiger partial charge in [0.15, 0.2) is 0 Å². The number of hydrogen-bond donors (Lipinski definition) is 1. The molecule has 0 aliphatic heterocycles. The fourth-order valence-electron chi connectivity index (χ4n) is 1.50. The molecule has 0 saturated carbocycles. The lowest BCUT2D eigenvalue weighted by atomic mass is 10.2. The van der Waals surface area contributed by atoms with Gasteiger partial charge in [-0.2, -0.15) is 0 Å². The van der Waals surface area contributed by atoms with E-state index < -0.39 is 0 Å². The fraction of sp³-hybridized carbons (Fsp3) is 0.500. The van der Waals surface area contributed by atoms with Crippen LogP contribution in [0.4, 0.5) is 5.69 Å². The Morgan fingerprint density at radius 1 is 1.19 bits per heavy atom. The van der Waals surface area contributed by atoms with Gasteiger partial charge in [0.05, 0.1) is 32.8 Å². The van der Waals surface area contributed by atoms with Gasteiger partial charge in [-0.15, -0.1) is 0 Å². The molecule has 0 radical (unpaired) electrons. The summed E-state index contributed by atoms with van der Waals surface area (Å²) in [5.74, 6) is -0.0804. The van der Waals surface area contributed by atoms with Crippen LogP contribution in [0.3, 0.4) is 0 Å². The van der Waals surface area contributed by atoms with E-state index in [9.17, 15) is 4.79 Å². The number of aryl methyl sites for hydroxylation is 1. The largest absolute Gasteiger partial charge is 0.379 e. The second-order valence-electron chi connectivity index (χ2n) is 4.34. The fourth-order valence-corrected chi connectivity index (χ4v) is 1.50. The van der Waals surface area contributed by atoms with Crippen molar-refractivity contribution in [2.24, 2.45) is 5.11 Å². The van der Waals surface area contributed by atoms with Crippen LogP contribution in [-0.4, -0.2) is 38.9 Å². The average molecular weight is 292 g/mol. The third-order valence-electron chi connectivity index (χ3n) is 2.58. The second-order valence-corrected chi connectivity index (χ2v) is 4.34. The molecule has 0 fully saturated rings. The molecule has 0 heterocycles. The molecule has 0 aliphatic carbocycles. The van der Waals surface area contributed by atoms with E-state index in [4.69, 9.17) is 15.0 Å². The topological polar surface area (TPSA) is 96.3 Å². The molecule has 7 heteroatoms. The highest BCUT2D eigenvalue weighted by Gasteiger charge is 2.02. The average Bonchev–Trinajstić information content (AvgIpc) is 2.48. The molecular weight excluding hydrogens is 272 g/mol.